The lowest BCUT2D eigenvalue weighted by Gasteiger charge is -2.20. The van der Waals surface area contributed by atoms with Crippen molar-refractivity contribution in [1.82, 2.24) is 0 Å². The predicted molar refractivity (Wildman–Crippen MR) is 28.9 cm³/mol. The molecule has 0 spiro atoms. The highest BCUT2D eigenvalue weighted by Crippen LogP contribution is 2.21. The Balaban J connectivity index is 3.54. The van der Waals surface area contributed by atoms with Gasteiger partial charge in [-0.1, -0.05) is 13.8 Å². The number of rotatable bonds is 1. The summed E-state index contributed by atoms with van der Waals surface area (Å²) in [6, 6.07) is 0. The van der Waals surface area contributed by atoms with Crippen molar-refractivity contribution in [1.29, 1.82) is 0 Å². The number of halogens is 2. The monoisotopic (exact) mass is 107 g/mol. The standard InChI is InChI=1S/C4H10BF2/c1-4(2)5(3,6)7/h4H,1-3H3/q-1. The van der Waals surface area contributed by atoms with Gasteiger partial charge in [0.2, 0.25) is 0 Å². The number of hydrogen-bond acceptors (Lipinski definition) is 0. The maximum atomic E-state index is 11.9. The van der Waals surface area contributed by atoms with Gasteiger partial charge in [-0.2, -0.15) is 0 Å². The molecule has 7 heavy (non-hydrogen) atoms. The molecule has 44 valence electrons. The zero-order valence-electron chi connectivity index (χ0n) is 4.91. The maximum Gasteiger partial charge on any atom is 0.305 e. The molecule has 0 bridgehead atoms. The minimum absolute atomic E-state index is 0.472. The van der Waals surface area contributed by atoms with Crippen molar-refractivity contribution in [3.05, 3.63) is 0 Å². The number of hydrogen-bond donors (Lipinski definition) is 0. The fourth-order valence-corrected chi connectivity index (χ4v) is 0. The van der Waals surface area contributed by atoms with Crippen LogP contribution < -0.4 is 0 Å². The van der Waals surface area contributed by atoms with Gasteiger partial charge >= 0.3 is 6.70 Å². The van der Waals surface area contributed by atoms with E-state index in [0.29, 0.717) is 0 Å². The Labute approximate surface area is 42.9 Å². The highest BCUT2D eigenvalue weighted by atomic mass is 19.2. The Bertz CT molecular complexity index is 55.2. The first-order chi connectivity index (χ1) is 2.94. The molecule has 0 N–H and O–H groups in total. The zero-order chi connectivity index (χ0) is 6.08. The van der Waals surface area contributed by atoms with Crippen LogP contribution in [0.3, 0.4) is 0 Å². The van der Waals surface area contributed by atoms with Crippen LogP contribution >= 0.6 is 0 Å². The summed E-state index contributed by atoms with van der Waals surface area (Å²) >= 11 is 0. The maximum absolute atomic E-state index is 11.9. The lowest BCUT2D eigenvalue weighted by Crippen LogP contribution is -2.20. The van der Waals surface area contributed by atoms with Crippen LogP contribution in [0.1, 0.15) is 13.8 Å². The van der Waals surface area contributed by atoms with E-state index in [-0.39, 0.29) is 0 Å². The van der Waals surface area contributed by atoms with Crippen LogP contribution in [0.2, 0.25) is 12.6 Å². The van der Waals surface area contributed by atoms with Crippen molar-refractivity contribution in [3.63, 3.8) is 0 Å². The molecule has 0 fully saturated rings. The third-order valence-corrected chi connectivity index (χ3v) is 1.17. The molecule has 0 atom stereocenters. The summed E-state index contributed by atoms with van der Waals surface area (Å²) in [6.07, 6.45) is 0. The van der Waals surface area contributed by atoms with Gasteiger partial charge in [-0.3, -0.25) is 0 Å². The molecule has 0 aliphatic rings. The first kappa shape index (κ1) is 6.92. The smallest absolute Gasteiger partial charge is 0.305 e. The summed E-state index contributed by atoms with van der Waals surface area (Å²) in [5.41, 5.74) is 0. The van der Waals surface area contributed by atoms with Crippen LogP contribution in [-0.4, -0.2) is 6.70 Å². The molecule has 0 heterocycles. The first-order valence-corrected chi connectivity index (χ1v) is 2.50. The summed E-state index contributed by atoms with van der Waals surface area (Å²) in [7, 11) is 0. The van der Waals surface area contributed by atoms with Gasteiger partial charge in [-0.15, -0.1) is 12.6 Å². The van der Waals surface area contributed by atoms with Crippen molar-refractivity contribution in [2.45, 2.75) is 26.5 Å². The minimum Gasteiger partial charge on any atom is -0.478 e. The molecule has 0 unspecified atom stereocenters. The highest BCUT2D eigenvalue weighted by Gasteiger charge is 2.19. The van der Waals surface area contributed by atoms with Gasteiger partial charge in [-0.05, 0) is 0 Å². The van der Waals surface area contributed by atoms with E-state index in [2.05, 4.69) is 0 Å². The van der Waals surface area contributed by atoms with Crippen LogP contribution in [0.15, 0.2) is 0 Å². The minimum atomic E-state index is -3.06. The lowest BCUT2D eigenvalue weighted by atomic mass is 9.57. The van der Waals surface area contributed by atoms with E-state index in [1.807, 2.05) is 0 Å². The second-order valence-corrected chi connectivity index (χ2v) is 2.35. The normalized spacial score (nSPS) is 12.9. The third kappa shape index (κ3) is 2.60. The molecule has 0 saturated carbocycles. The summed E-state index contributed by atoms with van der Waals surface area (Å²) < 4.78 is 23.8. The van der Waals surface area contributed by atoms with E-state index in [1.54, 1.807) is 0 Å². The van der Waals surface area contributed by atoms with Crippen LogP contribution in [0, 0.1) is 0 Å². The average Bonchev–Trinajstić information content (AvgIpc) is 1.31. The second-order valence-electron chi connectivity index (χ2n) is 2.35. The molecule has 3 heteroatoms. The van der Waals surface area contributed by atoms with E-state index in [1.165, 1.54) is 13.8 Å². The molecule has 0 aromatic rings. The van der Waals surface area contributed by atoms with E-state index >= 15 is 0 Å². The highest BCUT2D eigenvalue weighted by molar-refractivity contribution is 6.66. The van der Waals surface area contributed by atoms with Crippen LogP contribution in [0.5, 0.6) is 0 Å². The van der Waals surface area contributed by atoms with Gasteiger partial charge in [0.05, 0.1) is 0 Å². The van der Waals surface area contributed by atoms with Crippen molar-refractivity contribution in [3.8, 4) is 0 Å². The van der Waals surface area contributed by atoms with Gasteiger partial charge in [0.15, 0.2) is 0 Å². The van der Waals surface area contributed by atoms with Gasteiger partial charge in [-0.25, -0.2) is 0 Å². The molecular weight excluding hydrogens is 96.9 g/mol. The Hall–Kier alpha value is -0.0751. The molecular formula is C4H10BF2-. The lowest BCUT2D eigenvalue weighted by molar-refractivity contribution is 0.579. The molecule has 0 amide bonds. The largest absolute Gasteiger partial charge is 0.478 e. The SMILES string of the molecule is CC(C)[B-](C)(F)F. The molecule has 0 radical (unpaired) electrons. The molecule has 0 aliphatic heterocycles. The Morgan fingerprint density at radius 1 is 1.29 bits per heavy atom. The van der Waals surface area contributed by atoms with Crippen molar-refractivity contribution >= 4 is 6.70 Å². The van der Waals surface area contributed by atoms with Crippen molar-refractivity contribution in [2.24, 2.45) is 0 Å². The summed E-state index contributed by atoms with van der Waals surface area (Å²) in [5, 5.41) is 0. The van der Waals surface area contributed by atoms with Gasteiger partial charge in [0.25, 0.3) is 0 Å². The quantitative estimate of drug-likeness (QED) is 0.451. The Morgan fingerprint density at radius 3 is 1.43 bits per heavy atom. The summed E-state index contributed by atoms with van der Waals surface area (Å²) in [4.78, 5) is 0. The first-order valence-electron chi connectivity index (χ1n) is 2.50. The van der Waals surface area contributed by atoms with E-state index in [9.17, 15) is 8.63 Å². The van der Waals surface area contributed by atoms with Crippen LogP contribution in [-0.2, 0) is 0 Å². The Morgan fingerprint density at radius 2 is 1.43 bits per heavy atom. The zero-order valence-corrected chi connectivity index (χ0v) is 4.91. The molecule has 0 aromatic carbocycles. The van der Waals surface area contributed by atoms with Crippen LogP contribution in [0.4, 0.5) is 8.63 Å². The van der Waals surface area contributed by atoms with Crippen molar-refractivity contribution in [2.75, 3.05) is 0 Å². The van der Waals surface area contributed by atoms with Crippen LogP contribution in [0.25, 0.3) is 0 Å². The summed E-state index contributed by atoms with van der Waals surface area (Å²) in [5.74, 6) is -0.472. The fourth-order valence-electron chi connectivity index (χ4n) is 0. The topological polar surface area (TPSA) is 0 Å². The second kappa shape index (κ2) is 1.80. The molecule has 0 aliphatic carbocycles. The molecule has 0 aromatic heterocycles. The van der Waals surface area contributed by atoms with Crippen molar-refractivity contribution < 1.29 is 8.63 Å². The molecule has 0 saturated heterocycles. The Kier molecular flexibility index (Phi) is 1.78. The molecule has 0 nitrogen and oxygen atoms in total. The molecule has 0 rings (SSSR count). The fraction of sp³-hybridized carbons (Fsp3) is 1.00. The average molecular weight is 107 g/mol. The third-order valence-electron chi connectivity index (χ3n) is 1.17. The summed E-state index contributed by atoms with van der Waals surface area (Å²) in [6.45, 7) is 0.991. The van der Waals surface area contributed by atoms with E-state index < -0.39 is 12.5 Å². The van der Waals surface area contributed by atoms with E-state index in [4.69, 9.17) is 0 Å². The van der Waals surface area contributed by atoms with Gasteiger partial charge < -0.3 is 8.63 Å². The van der Waals surface area contributed by atoms with E-state index in [0.717, 1.165) is 6.82 Å². The van der Waals surface area contributed by atoms with Gasteiger partial charge in [0, 0.05) is 0 Å². The van der Waals surface area contributed by atoms with Gasteiger partial charge in [0.1, 0.15) is 0 Å². The predicted octanol–water partition coefficient (Wildman–Crippen LogP) is 2.41.